The molecule has 4 aromatic rings. The van der Waals surface area contributed by atoms with Crippen LogP contribution in [0.4, 0.5) is 5.69 Å². The third-order valence-corrected chi connectivity index (χ3v) is 7.77. The van der Waals surface area contributed by atoms with E-state index in [1.165, 1.54) is 22.8 Å². The van der Waals surface area contributed by atoms with E-state index < -0.39 is 16.9 Å². The van der Waals surface area contributed by atoms with Crippen LogP contribution in [-0.4, -0.2) is 22.1 Å². The van der Waals surface area contributed by atoms with Crippen molar-refractivity contribution in [1.29, 1.82) is 0 Å². The van der Waals surface area contributed by atoms with Gasteiger partial charge < -0.3 is 9.15 Å². The summed E-state index contributed by atoms with van der Waals surface area (Å²) >= 11 is 10.5. The van der Waals surface area contributed by atoms with Crippen LogP contribution in [0.1, 0.15) is 31.2 Å². The number of furan rings is 1. The lowest BCUT2D eigenvalue weighted by Gasteiger charge is -2.24. The Hall–Kier alpha value is -3.80. The molecule has 1 aliphatic heterocycles. The van der Waals surface area contributed by atoms with Crippen molar-refractivity contribution in [2.24, 2.45) is 4.99 Å². The summed E-state index contributed by atoms with van der Waals surface area (Å²) in [4.78, 5) is 42.6. The minimum absolute atomic E-state index is 0.180. The molecule has 0 radical (unpaired) electrons. The van der Waals surface area contributed by atoms with Crippen molar-refractivity contribution in [3.8, 4) is 11.3 Å². The lowest BCUT2D eigenvalue weighted by molar-refractivity contribution is -0.384. The highest BCUT2D eigenvalue weighted by Crippen LogP contribution is 2.34. The topological polar surface area (TPSA) is 117 Å². The summed E-state index contributed by atoms with van der Waals surface area (Å²) in [6, 6.07) is 14.1. The molecule has 2 aromatic carbocycles. The van der Waals surface area contributed by atoms with Crippen LogP contribution in [-0.2, 0) is 9.53 Å². The first kappa shape index (κ1) is 26.8. The second-order valence-corrected chi connectivity index (χ2v) is 10.8. The van der Waals surface area contributed by atoms with Gasteiger partial charge in [-0.15, -0.1) is 0 Å². The van der Waals surface area contributed by atoms with E-state index in [1.807, 2.05) is 24.3 Å². The summed E-state index contributed by atoms with van der Waals surface area (Å²) in [5, 5.41) is 11.7. The number of hydrogen-bond acceptors (Lipinski definition) is 8. The number of fused-ring (bicyclic) bond motifs is 1. The third kappa shape index (κ3) is 5.12. The molecule has 2 aromatic heterocycles. The summed E-state index contributed by atoms with van der Waals surface area (Å²) in [5.41, 5.74) is 1.17. The number of benzene rings is 2. The Labute approximate surface area is 238 Å². The predicted octanol–water partition coefficient (Wildman–Crippen LogP) is 5.38. The molecule has 0 N–H and O–H groups in total. The van der Waals surface area contributed by atoms with Crippen LogP contribution in [0.5, 0.6) is 0 Å². The van der Waals surface area contributed by atoms with Gasteiger partial charge in [-0.1, -0.05) is 51.0 Å². The smallest absolute Gasteiger partial charge is 0.338 e. The molecule has 0 unspecified atom stereocenters. The Morgan fingerprint density at radius 1 is 1.26 bits per heavy atom. The van der Waals surface area contributed by atoms with E-state index in [-0.39, 0.29) is 39.8 Å². The first-order valence-corrected chi connectivity index (χ1v) is 13.7. The lowest BCUT2D eigenvalue weighted by Crippen LogP contribution is -2.39. The summed E-state index contributed by atoms with van der Waals surface area (Å²) in [5.74, 6) is 0.0350. The molecule has 39 heavy (non-hydrogen) atoms. The number of halogens is 2. The molecule has 5 rings (SSSR count). The van der Waals surface area contributed by atoms with E-state index in [9.17, 15) is 19.7 Å². The number of aromatic nitrogens is 1. The van der Waals surface area contributed by atoms with E-state index in [0.29, 0.717) is 20.8 Å². The minimum atomic E-state index is -0.737. The van der Waals surface area contributed by atoms with E-state index in [0.717, 1.165) is 21.4 Å². The Morgan fingerprint density at radius 3 is 2.69 bits per heavy atom. The van der Waals surface area contributed by atoms with E-state index in [4.69, 9.17) is 20.8 Å². The number of allylic oxidation sites excluding steroid dienone is 1. The van der Waals surface area contributed by atoms with Crippen molar-refractivity contribution in [2.75, 3.05) is 6.61 Å². The third-order valence-electron chi connectivity index (χ3n) is 6.02. The standard InChI is InChI=1S/C27H19BrClN3O6S/c1-3-37-26(34)23-14(2)30-27-31(24(23)15-4-6-16(28)7-5-15)25(33)22(39-27)13-18-9-11-21(38-18)19-10-8-17(29)12-20(19)32(35)36/h4-13,24H,3H2,1-2H3/b22-13-/t24-/m1/s1. The maximum absolute atomic E-state index is 13.7. The SMILES string of the molecule is CCOC(=O)C1=C(C)N=c2s/c(=C\c3ccc(-c4ccc(Cl)cc4[N+](=O)[O-])o3)c(=O)n2[C@@H]1c1ccc(Br)cc1. The van der Waals surface area contributed by atoms with Gasteiger partial charge in [0, 0.05) is 21.6 Å². The van der Waals surface area contributed by atoms with Gasteiger partial charge in [0.15, 0.2) is 4.80 Å². The van der Waals surface area contributed by atoms with Gasteiger partial charge in [0.1, 0.15) is 11.5 Å². The summed E-state index contributed by atoms with van der Waals surface area (Å²) in [6.45, 7) is 3.61. The van der Waals surface area contributed by atoms with Gasteiger partial charge in [-0.25, -0.2) is 9.79 Å². The molecule has 0 saturated heterocycles. The number of carbonyl (C=O) groups is 1. The van der Waals surface area contributed by atoms with Gasteiger partial charge in [-0.05, 0) is 55.8 Å². The zero-order valence-corrected chi connectivity index (χ0v) is 23.7. The van der Waals surface area contributed by atoms with Crippen molar-refractivity contribution >= 4 is 56.6 Å². The van der Waals surface area contributed by atoms with Crippen molar-refractivity contribution in [1.82, 2.24) is 4.57 Å². The zero-order valence-electron chi connectivity index (χ0n) is 20.5. The molecule has 0 bridgehead atoms. The summed E-state index contributed by atoms with van der Waals surface area (Å²) in [7, 11) is 0. The molecule has 3 heterocycles. The monoisotopic (exact) mass is 627 g/mol. The normalized spacial score (nSPS) is 15.2. The van der Waals surface area contributed by atoms with Gasteiger partial charge in [-0.2, -0.15) is 0 Å². The number of thiazole rings is 1. The largest absolute Gasteiger partial charge is 0.463 e. The summed E-state index contributed by atoms with van der Waals surface area (Å²) < 4.78 is 13.8. The van der Waals surface area contributed by atoms with Crippen molar-refractivity contribution in [3.63, 3.8) is 0 Å². The number of nitrogens with zero attached hydrogens (tertiary/aromatic N) is 3. The molecule has 0 fully saturated rings. The fourth-order valence-electron chi connectivity index (χ4n) is 4.32. The van der Waals surface area contributed by atoms with Crippen molar-refractivity contribution < 1.29 is 18.9 Å². The van der Waals surface area contributed by atoms with Gasteiger partial charge in [0.2, 0.25) is 0 Å². The average molecular weight is 629 g/mol. The van der Waals surface area contributed by atoms with Crippen LogP contribution in [0.3, 0.4) is 0 Å². The zero-order chi connectivity index (χ0) is 27.8. The number of carbonyl (C=O) groups excluding carboxylic acids is 1. The van der Waals surface area contributed by atoms with Crippen LogP contribution < -0.4 is 14.9 Å². The Bertz CT molecular complexity index is 1840. The number of hydrogen-bond donors (Lipinski definition) is 0. The first-order chi connectivity index (χ1) is 18.7. The number of rotatable bonds is 6. The molecule has 0 aliphatic carbocycles. The average Bonchev–Trinajstić information content (AvgIpc) is 3.48. The highest BCUT2D eigenvalue weighted by atomic mass is 79.9. The molecule has 0 saturated carbocycles. The van der Waals surface area contributed by atoms with Gasteiger partial charge >= 0.3 is 5.97 Å². The number of nitro groups is 1. The minimum Gasteiger partial charge on any atom is -0.463 e. The molecular weight excluding hydrogens is 610 g/mol. The van der Waals surface area contributed by atoms with Crippen LogP contribution >= 0.6 is 38.9 Å². The van der Waals surface area contributed by atoms with Crippen molar-refractivity contribution in [2.45, 2.75) is 19.9 Å². The number of ether oxygens (including phenoxy) is 1. The highest BCUT2D eigenvalue weighted by Gasteiger charge is 2.33. The van der Waals surface area contributed by atoms with Gasteiger partial charge in [-0.3, -0.25) is 19.5 Å². The van der Waals surface area contributed by atoms with Crippen LogP contribution in [0, 0.1) is 10.1 Å². The first-order valence-electron chi connectivity index (χ1n) is 11.7. The van der Waals surface area contributed by atoms with Crippen LogP contribution in [0.15, 0.2) is 84.5 Å². The van der Waals surface area contributed by atoms with Crippen molar-refractivity contribution in [3.05, 3.63) is 116 Å². The molecular formula is C27H19BrClN3O6S. The quantitative estimate of drug-likeness (QED) is 0.161. The Morgan fingerprint density at radius 2 is 2.00 bits per heavy atom. The van der Waals surface area contributed by atoms with Gasteiger partial charge in [0.25, 0.3) is 11.2 Å². The Balaban J connectivity index is 1.63. The summed E-state index contributed by atoms with van der Waals surface area (Å²) in [6.07, 6.45) is 1.55. The highest BCUT2D eigenvalue weighted by molar-refractivity contribution is 9.10. The van der Waals surface area contributed by atoms with E-state index >= 15 is 0 Å². The number of nitro benzene ring substituents is 1. The maximum atomic E-state index is 13.7. The molecule has 0 amide bonds. The van der Waals surface area contributed by atoms with Crippen LogP contribution in [0.2, 0.25) is 5.02 Å². The fraction of sp³-hybridized carbons (Fsp3) is 0.148. The number of esters is 1. The van der Waals surface area contributed by atoms with Gasteiger partial charge in [0.05, 0.1) is 38.9 Å². The van der Waals surface area contributed by atoms with E-state index in [1.54, 1.807) is 32.1 Å². The molecule has 1 aliphatic rings. The van der Waals surface area contributed by atoms with E-state index in [2.05, 4.69) is 20.9 Å². The molecule has 198 valence electrons. The maximum Gasteiger partial charge on any atom is 0.338 e. The second kappa shape index (κ2) is 10.8. The second-order valence-electron chi connectivity index (χ2n) is 8.47. The molecule has 9 nitrogen and oxygen atoms in total. The molecule has 0 spiro atoms. The van der Waals surface area contributed by atoms with Crippen LogP contribution in [0.25, 0.3) is 17.4 Å². The molecule has 12 heteroatoms. The lowest BCUT2D eigenvalue weighted by atomic mass is 9.96. The Kier molecular flexibility index (Phi) is 7.39. The fourth-order valence-corrected chi connectivity index (χ4v) is 5.78. The molecule has 1 atom stereocenters. The predicted molar refractivity (Wildman–Crippen MR) is 150 cm³/mol.